The zero-order valence-corrected chi connectivity index (χ0v) is 9.03. The Balaban J connectivity index is 2.55. The molecule has 0 bridgehead atoms. The Hall–Kier alpha value is -2.03. The Bertz CT molecular complexity index is 721. The average Bonchev–Trinajstić information content (AvgIpc) is 2.67. The van der Waals surface area contributed by atoms with E-state index in [1.54, 1.807) is 10.5 Å². The largest absolute Gasteiger partial charge is 0.340 e. The third-order valence-corrected chi connectivity index (χ3v) is 2.91. The summed E-state index contributed by atoms with van der Waals surface area (Å²) in [5.41, 5.74) is 3.90. The maximum Gasteiger partial charge on any atom is 0.257 e. The van der Waals surface area contributed by atoms with Crippen LogP contribution in [-0.4, -0.2) is 9.38 Å². The minimum absolute atomic E-state index is 0.0341. The van der Waals surface area contributed by atoms with Crippen LogP contribution in [0.1, 0.15) is 12.5 Å². The number of hydrogen-bond donors (Lipinski definition) is 1. The van der Waals surface area contributed by atoms with E-state index in [9.17, 15) is 4.79 Å². The zero-order chi connectivity index (χ0) is 11.1. The van der Waals surface area contributed by atoms with Crippen LogP contribution in [0.2, 0.25) is 0 Å². The quantitative estimate of drug-likeness (QED) is 0.660. The number of hydrogen-bond acceptors (Lipinski definition) is 1. The molecule has 3 nitrogen and oxygen atoms in total. The molecule has 0 atom stereocenters. The van der Waals surface area contributed by atoms with Gasteiger partial charge < -0.3 is 4.98 Å². The van der Waals surface area contributed by atoms with Crippen LogP contribution in [0.4, 0.5) is 0 Å². The van der Waals surface area contributed by atoms with Gasteiger partial charge in [-0.15, -0.1) is 0 Å². The number of rotatable bonds is 1. The first-order chi connectivity index (χ1) is 7.79. The lowest BCUT2D eigenvalue weighted by Crippen LogP contribution is -2.11. The van der Waals surface area contributed by atoms with Gasteiger partial charge in [0.25, 0.3) is 5.56 Å². The molecule has 2 heterocycles. The van der Waals surface area contributed by atoms with Gasteiger partial charge in [0, 0.05) is 6.07 Å². The molecule has 0 unspecified atom stereocenters. The highest BCUT2D eigenvalue weighted by Gasteiger charge is 2.05. The lowest BCUT2D eigenvalue weighted by molar-refractivity contribution is 1.07. The number of para-hydroxylation sites is 2. The third kappa shape index (κ3) is 1.18. The highest BCUT2D eigenvalue weighted by Crippen LogP contribution is 2.14. The summed E-state index contributed by atoms with van der Waals surface area (Å²) in [6.07, 6.45) is 0.876. The van der Waals surface area contributed by atoms with Crippen LogP contribution in [0.15, 0.2) is 41.2 Å². The standard InChI is InChI=1S/C13H12N2O/c1-2-9-7-12-14-10-5-3-4-6-11(10)15(12)13(16)8-9/h3-8,14H,2H2,1H3. The van der Waals surface area contributed by atoms with Gasteiger partial charge in [0.1, 0.15) is 5.65 Å². The Morgan fingerprint density at radius 3 is 2.88 bits per heavy atom. The summed E-state index contributed by atoms with van der Waals surface area (Å²) in [7, 11) is 0. The Labute approximate surface area is 92.3 Å². The van der Waals surface area contributed by atoms with Crippen LogP contribution >= 0.6 is 0 Å². The molecule has 0 aliphatic rings. The molecule has 0 fully saturated rings. The van der Waals surface area contributed by atoms with E-state index in [0.29, 0.717) is 0 Å². The first kappa shape index (κ1) is 9.21. The van der Waals surface area contributed by atoms with Gasteiger partial charge in [-0.3, -0.25) is 9.20 Å². The smallest absolute Gasteiger partial charge is 0.257 e. The molecule has 0 saturated carbocycles. The Kier molecular flexibility index (Phi) is 1.86. The number of fused-ring (bicyclic) bond motifs is 3. The molecule has 16 heavy (non-hydrogen) atoms. The van der Waals surface area contributed by atoms with Crippen molar-refractivity contribution in [1.82, 2.24) is 9.38 Å². The maximum absolute atomic E-state index is 12.0. The van der Waals surface area contributed by atoms with Crippen molar-refractivity contribution in [3.05, 3.63) is 52.3 Å². The number of aryl methyl sites for hydroxylation is 1. The Morgan fingerprint density at radius 2 is 2.06 bits per heavy atom. The number of pyridine rings is 1. The van der Waals surface area contributed by atoms with Crippen molar-refractivity contribution in [3.8, 4) is 0 Å². The molecule has 1 aromatic carbocycles. The fourth-order valence-corrected chi connectivity index (χ4v) is 2.08. The van der Waals surface area contributed by atoms with Gasteiger partial charge in [0.15, 0.2) is 0 Å². The lowest BCUT2D eigenvalue weighted by atomic mass is 10.2. The average molecular weight is 212 g/mol. The summed E-state index contributed by atoms with van der Waals surface area (Å²) in [5, 5.41) is 0. The van der Waals surface area contributed by atoms with Crippen molar-refractivity contribution < 1.29 is 0 Å². The fraction of sp³-hybridized carbons (Fsp3) is 0.154. The van der Waals surface area contributed by atoms with E-state index >= 15 is 0 Å². The number of imidazole rings is 1. The summed E-state index contributed by atoms with van der Waals surface area (Å²) in [4.78, 5) is 15.2. The molecule has 0 aliphatic heterocycles. The van der Waals surface area contributed by atoms with Crippen molar-refractivity contribution in [2.45, 2.75) is 13.3 Å². The lowest BCUT2D eigenvalue weighted by Gasteiger charge is -1.97. The molecular weight excluding hydrogens is 200 g/mol. The topological polar surface area (TPSA) is 37.3 Å². The monoisotopic (exact) mass is 212 g/mol. The predicted octanol–water partition coefficient (Wildman–Crippen LogP) is 2.34. The van der Waals surface area contributed by atoms with Gasteiger partial charge in [-0.2, -0.15) is 0 Å². The molecule has 3 aromatic rings. The van der Waals surface area contributed by atoms with E-state index < -0.39 is 0 Å². The third-order valence-electron chi connectivity index (χ3n) is 2.91. The number of benzene rings is 1. The van der Waals surface area contributed by atoms with Gasteiger partial charge in [-0.1, -0.05) is 19.1 Å². The summed E-state index contributed by atoms with van der Waals surface area (Å²) >= 11 is 0. The predicted molar refractivity (Wildman–Crippen MR) is 64.9 cm³/mol. The molecule has 1 N–H and O–H groups in total. The second-order valence-electron chi connectivity index (χ2n) is 3.92. The molecule has 0 saturated heterocycles. The SMILES string of the molecule is CCc1cc(=O)n2c(c1)[nH]c1ccccc12. The van der Waals surface area contributed by atoms with Gasteiger partial charge in [-0.05, 0) is 30.2 Å². The number of aromatic amines is 1. The van der Waals surface area contributed by atoms with Crippen LogP contribution in [-0.2, 0) is 6.42 Å². The minimum Gasteiger partial charge on any atom is -0.340 e. The molecule has 0 aliphatic carbocycles. The zero-order valence-electron chi connectivity index (χ0n) is 9.03. The van der Waals surface area contributed by atoms with Gasteiger partial charge in [0.2, 0.25) is 0 Å². The number of nitrogens with one attached hydrogen (secondary N) is 1. The summed E-state index contributed by atoms with van der Waals surface area (Å²) < 4.78 is 1.72. The van der Waals surface area contributed by atoms with E-state index in [0.717, 1.165) is 28.7 Å². The molecular formula is C13H12N2O. The molecule has 0 radical (unpaired) electrons. The van der Waals surface area contributed by atoms with Crippen molar-refractivity contribution in [3.63, 3.8) is 0 Å². The molecule has 0 amide bonds. The van der Waals surface area contributed by atoms with Crippen molar-refractivity contribution in [1.29, 1.82) is 0 Å². The number of nitrogens with zero attached hydrogens (tertiary/aromatic N) is 1. The second kappa shape index (κ2) is 3.23. The van der Waals surface area contributed by atoms with E-state index in [1.807, 2.05) is 37.3 Å². The van der Waals surface area contributed by atoms with E-state index in [4.69, 9.17) is 0 Å². The summed E-state index contributed by atoms with van der Waals surface area (Å²) in [6.45, 7) is 2.05. The Morgan fingerprint density at radius 1 is 1.25 bits per heavy atom. The van der Waals surface area contributed by atoms with E-state index in [-0.39, 0.29) is 5.56 Å². The van der Waals surface area contributed by atoms with Crippen molar-refractivity contribution >= 4 is 16.7 Å². The fourth-order valence-electron chi connectivity index (χ4n) is 2.08. The van der Waals surface area contributed by atoms with Crippen molar-refractivity contribution in [2.75, 3.05) is 0 Å². The summed E-state index contributed by atoms with van der Waals surface area (Å²) in [5.74, 6) is 0. The second-order valence-corrected chi connectivity index (χ2v) is 3.92. The minimum atomic E-state index is 0.0341. The van der Waals surface area contributed by atoms with E-state index in [1.165, 1.54) is 0 Å². The van der Waals surface area contributed by atoms with Crippen LogP contribution in [0.3, 0.4) is 0 Å². The van der Waals surface area contributed by atoms with Crippen LogP contribution < -0.4 is 5.56 Å². The maximum atomic E-state index is 12.0. The first-order valence-electron chi connectivity index (χ1n) is 5.42. The highest BCUT2D eigenvalue weighted by molar-refractivity contribution is 5.80. The van der Waals surface area contributed by atoms with Crippen LogP contribution in [0.25, 0.3) is 16.7 Å². The van der Waals surface area contributed by atoms with Gasteiger partial charge >= 0.3 is 0 Å². The molecule has 2 aromatic heterocycles. The first-order valence-corrected chi connectivity index (χ1v) is 5.42. The summed E-state index contributed by atoms with van der Waals surface area (Å²) in [6, 6.07) is 11.6. The highest BCUT2D eigenvalue weighted by atomic mass is 16.1. The molecule has 80 valence electrons. The molecule has 0 spiro atoms. The normalized spacial score (nSPS) is 11.3. The van der Waals surface area contributed by atoms with Crippen LogP contribution in [0, 0.1) is 0 Å². The van der Waals surface area contributed by atoms with E-state index in [2.05, 4.69) is 4.98 Å². The van der Waals surface area contributed by atoms with Crippen molar-refractivity contribution in [2.24, 2.45) is 0 Å². The van der Waals surface area contributed by atoms with Crippen LogP contribution in [0.5, 0.6) is 0 Å². The molecule has 3 heteroatoms. The van der Waals surface area contributed by atoms with Gasteiger partial charge in [-0.25, -0.2) is 0 Å². The molecule has 3 rings (SSSR count). The van der Waals surface area contributed by atoms with Gasteiger partial charge in [0.05, 0.1) is 11.0 Å². The number of aromatic nitrogens is 2. The number of H-pyrrole nitrogens is 1.